The molecule has 0 aliphatic carbocycles. The van der Waals surface area contributed by atoms with Crippen molar-refractivity contribution in [3.63, 3.8) is 0 Å². The van der Waals surface area contributed by atoms with Crippen LogP contribution in [-0.4, -0.2) is 7.85 Å². The normalized spacial score (nSPS) is 9.69. The summed E-state index contributed by atoms with van der Waals surface area (Å²) in [6.45, 7) is 0. The van der Waals surface area contributed by atoms with Crippen LogP contribution in [0.4, 0.5) is 22.0 Å². The van der Waals surface area contributed by atoms with E-state index in [1.807, 2.05) is 0 Å². The van der Waals surface area contributed by atoms with Crippen LogP contribution < -0.4 is 24.3 Å². The van der Waals surface area contributed by atoms with Gasteiger partial charge < -0.3 is 7.85 Å². The van der Waals surface area contributed by atoms with Crippen molar-refractivity contribution >= 4 is 13.3 Å². The van der Waals surface area contributed by atoms with Gasteiger partial charge in [-0.2, -0.15) is 0 Å². The Morgan fingerprint density at radius 2 is 0.846 bits per heavy atom. The quantitative estimate of drug-likeness (QED) is 0.193. The van der Waals surface area contributed by atoms with Gasteiger partial charge in [0.1, 0.15) is 11.6 Å². The fourth-order valence-electron chi connectivity index (χ4n) is 0.622. The average molecular weight is 185 g/mol. The second-order valence-electron chi connectivity index (χ2n) is 1.98. The van der Waals surface area contributed by atoms with Gasteiger partial charge in [0.25, 0.3) is 0 Å². The van der Waals surface area contributed by atoms with E-state index in [0.717, 1.165) is 0 Å². The smallest absolute Gasteiger partial charge is 0.572 e. The van der Waals surface area contributed by atoms with E-state index in [0.29, 0.717) is 0 Å². The molecule has 7 heteroatoms. The number of benzene rings is 1. The van der Waals surface area contributed by atoms with Gasteiger partial charge in [0.15, 0.2) is 17.5 Å². The zero-order chi connectivity index (χ0) is 9.46. The first-order chi connectivity index (χ1) is 5.46. The van der Waals surface area contributed by atoms with Gasteiger partial charge in [-0.15, -0.1) is 0 Å². The van der Waals surface area contributed by atoms with Crippen molar-refractivity contribution in [1.82, 2.24) is 0 Å². The summed E-state index contributed by atoms with van der Waals surface area (Å²) in [6.07, 6.45) is 0. The summed E-state index contributed by atoms with van der Waals surface area (Å²) in [5.41, 5.74) is -1.37. The maximum Gasteiger partial charge on any atom is 1.00 e. The molecular formula is C6BF5Li. The summed E-state index contributed by atoms with van der Waals surface area (Å²) in [6, 6.07) is 0. The van der Waals surface area contributed by atoms with Crippen molar-refractivity contribution in [1.29, 1.82) is 0 Å². The Balaban J connectivity index is 0.00000144. The van der Waals surface area contributed by atoms with Crippen molar-refractivity contribution in [2.75, 3.05) is 0 Å². The van der Waals surface area contributed by atoms with Crippen LogP contribution in [0, 0.1) is 29.1 Å². The van der Waals surface area contributed by atoms with E-state index in [-0.39, 0.29) is 18.9 Å². The van der Waals surface area contributed by atoms with Crippen molar-refractivity contribution in [2.24, 2.45) is 0 Å². The molecule has 1 aromatic rings. The standard InChI is InChI=1S/C6BF5.Li/c7-1-2(8)4(10)6(12)5(11)3(1)9;/q-1;+1. The first-order valence-corrected chi connectivity index (χ1v) is 2.73. The molecule has 1 aromatic carbocycles. The Bertz CT molecular complexity index is 235. The molecule has 0 bridgehead atoms. The van der Waals surface area contributed by atoms with Gasteiger partial charge >= 0.3 is 18.9 Å². The Morgan fingerprint density at radius 1 is 0.615 bits per heavy atom. The van der Waals surface area contributed by atoms with Gasteiger partial charge in [0.2, 0.25) is 0 Å². The minimum Gasteiger partial charge on any atom is -0.572 e. The van der Waals surface area contributed by atoms with Gasteiger partial charge in [-0.1, -0.05) is 0 Å². The molecule has 0 heterocycles. The minimum atomic E-state index is -2.21. The summed E-state index contributed by atoms with van der Waals surface area (Å²) in [7, 11) is 4.56. The van der Waals surface area contributed by atoms with Crippen LogP contribution in [0.3, 0.4) is 0 Å². The van der Waals surface area contributed by atoms with E-state index in [9.17, 15) is 22.0 Å². The van der Waals surface area contributed by atoms with Gasteiger partial charge in [0, 0.05) is 0 Å². The van der Waals surface area contributed by atoms with E-state index < -0.39 is 34.5 Å². The summed E-state index contributed by atoms with van der Waals surface area (Å²) < 4.78 is 61.1. The molecule has 13 heavy (non-hydrogen) atoms. The maximum absolute atomic E-state index is 12.3. The molecule has 0 fully saturated rings. The number of halogens is 5. The predicted octanol–water partition coefficient (Wildman–Crippen LogP) is -1.82. The molecule has 0 unspecified atom stereocenters. The second kappa shape index (κ2) is 4.16. The Hall–Kier alpha value is -0.468. The molecular weight excluding hydrogens is 185 g/mol. The molecule has 0 saturated heterocycles. The van der Waals surface area contributed by atoms with Gasteiger partial charge in [-0.05, 0) is 0 Å². The molecule has 0 N–H and O–H groups in total. The van der Waals surface area contributed by atoms with Gasteiger partial charge in [0.05, 0.1) is 0 Å². The third-order valence-corrected chi connectivity index (χ3v) is 1.24. The van der Waals surface area contributed by atoms with Crippen LogP contribution >= 0.6 is 0 Å². The molecule has 0 atom stereocenters. The zero-order valence-electron chi connectivity index (χ0n) is 6.47. The molecule has 0 aromatic heterocycles. The molecule has 0 aliphatic rings. The fraction of sp³-hybridized carbons (Fsp3) is 0. The number of hydrogen-bond donors (Lipinski definition) is 0. The number of rotatable bonds is 0. The van der Waals surface area contributed by atoms with Gasteiger partial charge in [-0.25, -0.2) is 27.4 Å². The van der Waals surface area contributed by atoms with Crippen molar-refractivity contribution in [3.8, 4) is 0 Å². The second-order valence-corrected chi connectivity index (χ2v) is 1.98. The largest absolute Gasteiger partial charge is 1.00 e. The monoisotopic (exact) mass is 185 g/mol. The van der Waals surface area contributed by atoms with E-state index in [4.69, 9.17) is 0 Å². The SMILES string of the molecule is [B-]c1c(F)c(F)c(F)c(F)c1F.[Li+]. The molecule has 0 amide bonds. The first kappa shape index (κ1) is 12.5. The van der Waals surface area contributed by atoms with E-state index >= 15 is 0 Å². The van der Waals surface area contributed by atoms with Crippen molar-refractivity contribution in [2.45, 2.75) is 0 Å². The third kappa shape index (κ3) is 1.89. The minimum absolute atomic E-state index is 0. The van der Waals surface area contributed by atoms with Crippen LogP contribution in [0.2, 0.25) is 0 Å². The Labute approximate surface area is 83.7 Å². The van der Waals surface area contributed by atoms with E-state index in [1.54, 1.807) is 0 Å². The summed E-state index contributed by atoms with van der Waals surface area (Å²) in [5.74, 6) is -10.3. The average Bonchev–Trinajstić information content (AvgIpc) is 2.08. The summed E-state index contributed by atoms with van der Waals surface area (Å²) >= 11 is 0. The van der Waals surface area contributed by atoms with Crippen molar-refractivity contribution in [3.05, 3.63) is 29.1 Å². The molecule has 0 aliphatic heterocycles. The summed E-state index contributed by atoms with van der Waals surface area (Å²) in [4.78, 5) is 0. The predicted molar refractivity (Wildman–Crippen MR) is 31.6 cm³/mol. The summed E-state index contributed by atoms with van der Waals surface area (Å²) in [5, 5.41) is 0. The zero-order valence-corrected chi connectivity index (χ0v) is 6.47. The third-order valence-electron chi connectivity index (χ3n) is 1.24. The van der Waals surface area contributed by atoms with Crippen LogP contribution in [0.15, 0.2) is 0 Å². The molecule has 0 saturated carbocycles. The Kier molecular flexibility index (Phi) is 4.01. The fourth-order valence-corrected chi connectivity index (χ4v) is 0.622. The molecule has 0 spiro atoms. The van der Waals surface area contributed by atoms with Crippen molar-refractivity contribution < 1.29 is 40.8 Å². The molecule has 63 valence electrons. The Morgan fingerprint density at radius 3 is 1.15 bits per heavy atom. The number of hydrogen-bond acceptors (Lipinski definition) is 0. The topological polar surface area (TPSA) is 0 Å². The molecule has 0 nitrogen and oxygen atoms in total. The first-order valence-electron chi connectivity index (χ1n) is 2.73. The van der Waals surface area contributed by atoms with Crippen LogP contribution in [0.5, 0.6) is 0 Å². The molecule has 3 radical (unpaired) electrons. The maximum atomic E-state index is 12.3. The van der Waals surface area contributed by atoms with Crippen LogP contribution in [0.25, 0.3) is 0 Å². The van der Waals surface area contributed by atoms with E-state index in [1.165, 1.54) is 0 Å². The van der Waals surface area contributed by atoms with Crippen LogP contribution in [0.1, 0.15) is 0 Å². The van der Waals surface area contributed by atoms with Gasteiger partial charge in [-0.3, -0.25) is 0 Å². The van der Waals surface area contributed by atoms with E-state index in [2.05, 4.69) is 7.85 Å². The van der Waals surface area contributed by atoms with Crippen LogP contribution in [-0.2, 0) is 0 Å². The molecule has 1 rings (SSSR count).